The van der Waals surface area contributed by atoms with E-state index in [0.29, 0.717) is 6.04 Å². The molecule has 1 N–H and O–H groups in total. The first-order valence-corrected chi connectivity index (χ1v) is 5.60. The van der Waals surface area contributed by atoms with Crippen molar-refractivity contribution in [3.8, 4) is 0 Å². The molecule has 1 unspecified atom stereocenters. The summed E-state index contributed by atoms with van der Waals surface area (Å²) in [4.78, 5) is 0. The zero-order chi connectivity index (χ0) is 11.4. The van der Waals surface area contributed by atoms with Gasteiger partial charge in [0.1, 0.15) is 0 Å². The minimum atomic E-state index is 0.440. The van der Waals surface area contributed by atoms with Crippen molar-refractivity contribution in [3.05, 3.63) is 29.1 Å². The standard InChI is InChI=1S/C13H22N2/c1-6-14-10(2)7-8-13-9-11(3)15(5)12(13)4/h7-10,14H,6H2,1-5H3/b8-7+. The van der Waals surface area contributed by atoms with Gasteiger partial charge in [0.05, 0.1) is 0 Å². The van der Waals surface area contributed by atoms with Crippen LogP contribution < -0.4 is 5.32 Å². The molecule has 1 aromatic rings. The molecule has 0 saturated heterocycles. The third-order valence-corrected chi connectivity index (χ3v) is 2.90. The van der Waals surface area contributed by atoms with E-state index in [2.05, 4.69) is 62.8 Å². The summed E-state index contributed by atoms with van der Waals surface area (Å²) < 4.78 is 2.22. The Bertz CT molecular complexity index is 348. The van der Waals surface area contributed by atoms with Crippen LogP contribution in [0.5, 0.6) is 0 Å². The lowest BCUT2D eigenvalue weighted by atomic mass is 10.2. The Hall–Kier alpha value is -1.02. The van der Waals surface area contributed by atoms with Crippen molar-refractivity contribution in [2.75, 3.05) is 6.54 Å². The summed E-state index contributed by atoms with van der Waals surface area (Å²) in [6.45, 7) is 9.61. The van der Waals surface area contributed by atoms with Crippen molar-refractivity contribution in [2.24, 2.45) is 7.05 Å². The maximum absolute atomic E-state index is 3.36. The molecule has 0 spiro atoms. The van der Waals surface area contributed by atoms with Gasteiger partial charge in [-0.3, -0.25) is 0 Å². The lowest BCUT2D eigenvalue weighted by Gasteiger charge is -2.05. The maximum Gasteiger partial charge on any atom is 0.0224 e. The zero-order valence-corrected chi connectivity index (χ0v) is 10.5. The first-order chi connectivity index (χ1) is 7.06. The molecular formula is C13H22N2. The average Bonchev–Trinajstić information content (AvgIpc) is 2.43. The van der Waals surface area contributed by atoms with Crippen LogP contribution in [0, 0.1) is 13.8 Å². The summed E-state index contributed by atoms with van der Waals surface area (Å²) >= 11 is 0. The monoisotopic (exact) mass is 206 g/mol. The SMILES string of the molecule is CCNC(C)/C=C/c1cc(C)n(C)c1C. The Balaban J connectivity index is 2.76. The lowest BCUT2D eigenvalue weighted by Crippen LogP contribution is -2.22. The predicted molar refractivity (Wildman–Crippen MR) is 67.1 cm³/mol. The third-order valence-electron chi connectivity index (χ3n) is 2.90. The highest BCUT2D eigenvalue weighted by Crippen LogP contribution is 2.14. The number of aromatic nitrogens is 1. The van der Waals surface area contributed by atoms with E-state index in [9.17, 15) is 0 Å². The Labute approximate surface area is 93.0 Å². The fourth-order valence-electron chi connectivity index (χ4n) is 1.69. The number of nitrogens with zero attached hydrogens (tertiary/aromatic N) is 1. The molecule has 2 nitrogen and oxygen atoms in total. The van der Waals surface area contributed by atoms with Crippen LogP contribution in [-0.2, 0) is 7.05 Å². The molecule has 15 heavy (non-hydrogen) atoms. The Morgan fingerprint density at radius 1 is 1.47 bits per heavy atom. The highest BCUT2D eigenvalue weighted by molar-refractivity contribution is 5.54. The van der Waals surface area contributed by atoms with E-state index in [1.807, 2.05) is 0 Å². The van der Waals surface area contributed by atoms with E-state index in [-0.39, 0.29) is 0 Å². The Morgan fingerprint density at radius 3 is 2.60 bits per heavy atom. The summed E-state index contributed by atoms with van der Waals surface area (Å²) in [5.41, 5.74) is 3.95. The van der Waals surface area contributed by atoms with Gasteiger partial charge in [0.2, 0.25) is 0 Å². The topological polar surface area (TPSA) is 17.0 Å². The minimum absolute atomic E-state index is 0.440. The Kier molecular flexibility index (Phi) is 4.15. The van der Waals surface area contributed by atoms with E-state index in [4.69, 9.17) is 0 Å². The molecule has 0 fully saturated rings. The summed E-state index contributed by atoms with van der Waals surface area (Å²) in [7, 11) is 2.11. The van der Waals surface area contributed by atoms with Crippen LogP contribution in [0.25, 0.3) is 6.08 Å². The second kappa shape index (κ2) is 5.17. The van der Waals surface area contributed by atoms with Gasteiger partial charge in [-0.05, 0) is 38.9 Å². The van der Waals surface area contributed by atoms with Crippen molar-refractivity contribution >= 4 is 6.08 Å². The molecule has 0 bridgehead atoms. The van der Waals surface area contributed by atoms with Crippen LogP contribution in [0.2, 0.25) is 0 Å². The fourth-order valence-corrected chi connectivity index (χ4v) is 1.69. The number of hydrogen-bond acceptors (Lipinski definition) is 1. The van der Waals surface area contributed by atoms with Gasteiger partial charge in [-0.25, -0.2) is 0 Å². The highest BCUT2D eigenvalue weighted by Gasteiger charge is 2.02. The fraction of sp³-hybridized carbons (Fsp3) is 0.538. The van der Waals surface area contributed by atoms with Gasteiger partial charge in [0, 0.05) is 24.5 Å². The van der Waals surface area contributed by atoms with Crippen molar-refractivity contribution in [3.63, 3.8) is 0 Å². The molecule has 0 amide bonds. The molecule has 0 aliphatic carbocycles. The summed E-state index contributed by atoms with van der Waals surface area (Å²) in [6, 6.07) is 2.67. The van der Waals surface area contributed by atoms with Crippen LogP contribution in [0.15, 0.2) is 12.1 Å². The van der Waals surface area contributed by atoms with Gasteiger partial charge in [0.25, 0.3) is 0 Å². The van der Waals surface area contributed by atoms with Crippen molar-refractivity contribution in [1.82, 2.24) is 9.88 Å². The molecule has 1 rings (SSSR count). The predicted octanol–water partition coefficient (Wildman–Crippen LogP) is 2.65. The third kappa shape index (κ3) is 2.96. The van der Waals surface area contributed by atoms with Crippen LogP contribution >= 0.6 is 0 Å². The zero-order valence-electron chi connectivity index (χ0n) is 10.5. The summed E-state index contributed by atoms with van der Waals surface area (Å²) in [5.74, 6) is 0. The number of nitrogens with one attached hydrogen (secondary N) is 1. The molecule has 1 atom stereocenters. The maximum atomic E-state index is 3.36. The molecule has 2 heteroatoms. The van der Waals surface area contributed by atoms with E-state index >= 15 is 0 Å². The normalized spacial score (nSPS) is 13.7. The van der Waals surface area contributed by atoms with E-state index < -0.39 is 0 Å². The molecule has 0 aliphatic rings. The van der Waals surface area contributed by atoms with Crippen LogP contribution in [0.3, 0.4) is 0 Å². The van der Waals surface area contributed by atoms with E-state index in [0.717, 1.165) is 6.54 Å². The van der Waals surface area contributed by atoms with Gasteiger partial charge in [-0.15, -0.1) is 0 Å². The highest BCUT2D eigenvalue weighted by atomic mass is 14.9. The van der Waals surface area contributed by atoms with Gasteiger partial charge in [-0.1, -0.05) is 19.1 Å². The van der Waals surface area contributed by atoms with Gasteiger partial charge < -0.3 is 9.88 Å². The molecule has 0 aliphatic heterocycles. The second-order valence-electron chi connectivity index (χ2n) is 4.09. The quantitative estimate of drug-likeness (QED) is 0.801. The minimum Gasteiger partial charge on any atom is -0.352 e. The van der Waals surface area contributed by atoms with Gasteiger partial charge in [0.15, 0.2) is 0 Å². The number of rotatable bonds is 4. The van der Waals surface area contributed by atoms with Crippen molar-refractivity contribution < 1.29 is 0 Å². The van der Waals surface area contributed by atoms with E-state index in [1.54, 1.807) is 0 Å². The van der Waals surface area contributed by atoms with E-state index in [1.165, 1.54) is 17.0 Å². The molecule has 0 aromatic carbocycles. The van der Waals surface area contributed by atoms with Gasteiger partial charge >= 0.3 is 0 Å². The number of hydrogen-bond donors (Lipinski definition) is 1. The number of aryl methyl sites for hydroxylation is 1. The first kappa shape index (κ1) is 12.1. The Morgan fingerprint density at radius 2 is 2.13 bits per heavy atom. The van der Waals surface area contributed by atoms with Crippen LogP contribution in [0.4, 0.5) is 0 Å². The molecule has 0 radical (unpaired) electrons. The molecule has 1 aromatic heterocycles. The van der Waals surface area contributed by atoms with Gasteiger partial charge in [-0.2, -0.15) is 0 Å². The number of likely N-dealkylation sites (N-methyl/N-ethyl adjacent to an activating group) is 1. The van der Waals surface area contributed by atoms with Crippen LogP contribution in [0.1, 0.15) is 30.8 Å². The summed E-state index contributed by atoms with van der Waals surface area (Å²) in [5, 5.41) is 3.36. The first-order valence-electron chi connectivity index (χ1n) is 5.60. The van der Waals surface area contributed by atoms with Crippen LogP contribution in [-0.4, -0.2) is 17.2 Å². The molecular weight excluding hydrogens is 184 g/mol. The smallest absolute Gasteiger partial charge is 0.0224 e. The lowest BCUT2D eigenvalue weighted by molar-refractivity contribution is 0.663. The van der Waals surface area contributed by atoms with Crippen molar-refractivity contribution in [1.29, 1.82) is 0 Å². The molecule has 0 saturated carbocycles. The van der Waals surface area contributed by atoms with Crippen molar-refractivity contribution in [2.45, 2.75) is 33.7 Å². The molecule has 1 heterocycles. The molecule has 84 valence electrons. The second-order valence-corrected chi connectivity index (χ2v) is 4.09. The summed E-state index contributed by atoms with van der Waals surface area (Å²) in [6.07, 6.45) is 4.42. The average molecular weight is 206 g/mol. The largest absolute Gasteiger partial charge is 0.352 e.